The summed E-state index contributed by atoms with van der Waals surface area (Å²) >= 11 is 0. The highest BCUT2D eigenvalue weighted by Crippen LogP contribution is 2.25. The monoisotopic (exact) mass is 373 g/mol. The zero-order valence-corrected chi connectivity index (χ0v) is 15.1. The van der Waals surface area contributed by atoms with Gasteiger partial charge in [-0.15, -0.1) is 5.10 Å². The number of fused-ring (bicyclic) bond motifs is 2. The Bertz CT molecular complexity index is 1080. The van der Waals surface area contributed by atoms with Crippen molar-refractivity contribution in [3.8, 4) is 11.4 Å². The minimum Gasteiger partial charge on any atom is -0.497 e. The maximum atomic E-state index is 11.8. The number of nitrogens with two attached hydrogens (primary N) is 1. The van der Waals surface area contributed by atoms with Gasteiger partial charge in [0.25, 0.3) is 10.2 Å². The van der Waals surface area contributed by atoms with Crippen molar-refractivity contribution in [1.29, 1.82) is 0 Å². The van der Waals surface area contributed by atoms with Gasteiger partial charge in [0.2, 0.25) is 0 Å². The molecule has 1 aliphatic rings. The molecule has 0 aliphatic carbocycles. The summed E-state index contributed by atoms with van der Waals surface area (Å²) in [7, 11) is -2.11. The molecule has 0 saturated carbocycles. The molecule has 2 aromatic carbocycles. The number of aryl methyl sites for hydroxylation is 1. The summed E-state index contributed by atoms with van der Waals surface area (Å²) in [6.07, 6.45) is 1.56. The van der Waals surface area contributed by atoms with Crippen molar-refractivity contribution in [2.75, 3.05) is 13.7 Å². The Morgan fingerprint density at radius 1 is 1.15 bits per heavy atom. The summed E-state index contributed by atoms with van der Waals surface area (Å²) in [6.45, 7) is 0.692. The van der Waals surface area contributed by atoms with E-state index in [0.29, 0.717) is 6.54 Å². The lowest BCUT2D eigenvalue weighted by Gasteiger charge is -2.17. The Kier molecular flexibility index (Phi) is 4.14. The van der Waals surface area contributed by atoms with E-state index < -0.39 is 10.2 Å². The normalized spacial score (nSPS) is 15.6. The average Bonchev–Trinajstić information content (AvgIpc) is 2.90. The molecule has 26 heavy (non-hydrogen) atoms. The van der Waals surface area contributed by atoms with Crippen molar-refractivity contribution in [2.45, 2.75) is 19.4 Å². The Hall–Kier alpha value is -2.49. The number of ether oxygens (including phenoxy) is 1. The zero-order valence-electron chi connectivity index (χ0n) is 14.3. The van der Waals surface area contributed by atoms with Gasteiger partial charge in [-0.05, 0) is 48.2 Å². The molecule has 0 fully saturated rings. The summed E-state index contributed by atoms with van der Waals surface area (Å²) in [4.78, 5) is 0. The molecule has 136 valence electrons. The van der Waals surface area contributed by atoms with Crippen LogP contribution in [0.4, 0.5) is 0 Å². The third kappa shape index (κ3) is 3.05. The Labute approximate surface area is 151 Å². The van der Waals surface area contributed by atoms with E-state index in [0.717, 1.165) is 46.4 Å². The summed E-state index contributed by atoms with van der Waals surface area (Å²) in [6, 6.07) is 11.5. The highest BCUT2D eigenvalue weighted by molar-refractivity contribution is 7.86. The van der Waals surface area contributed by atoms with Gasteiger partial charge in [-0.3, -0.25) is 0 Å². The fraction of sp³-hybridized carbons (Fsp3) is 0.294. The van der Waals surface area contributed by atoms with E-state index in [2.05, 4.69) is 10.3 Å². The highest BCUT2D eigenvalue weighted by Gasteiger charge is 2.22. The second-order valence-corrected chi connectivity index (χ2v) is 7.84. The molecule has 4 rings (SSSR count). The molecule has 2 N–H and O–H groups in total. The molecule has 9 heteroatoms. The predicted molar refractivity (Wildman–Crippen MR) is 97.3 cm³/mol. The molecule has 2 heterocycles. The average molecular weight is 373 g/mol. The molecular formula is C17H19N5O3S. The van der Waals surface area contributed by atoms with Crippen LogP contribution in [0.2, 0.25) is 0 Å². The van der Waals surface area contributed by atoms with Crippen LogP contribution in [0.25, 0.3) is 16.7 Å². The van der Waals surface area contributed by atoms with Crippen LogP contribution in [0.3, 0.4) is 0 Å². The third-order valence-corrected chi connectivity index (χ3v) is 5.68. The van der Waals surface area contributed by atoms with Crippen molar-refractivity contribution in [1.82, 2.24) is 19.3 Å². The quantitative estimate of drug-likeness (QED) is 0.747. The highest BCUT2D eigenvalue weighted by atomic mass is 32.2. The Balaban J connectivity index is 1.77. The van der Waals surface area contributed by atoms with E-state index in [1.165, 1.54) is 4.31 Å². The maximum absolute atomic E-state index is 11.8. The lowest BCUT2D eigenvalue weighted by molar-refractivity contribution is 0.411. The largest absolute Gasteiger partial charge is 0.497 e. The van der Waals surface area contributed by atoms with Crippen LogP contribution in [-0.2, 0) is 23.2 Å². The second-order valence-electron chi connectivity index (χ2n) is 6.29. The lowest BCUT2D eigenvalue weighted by atomic mass is 10.0. The Morgan fingerprint density at radius 3 is 2.77 bits per heavy atom. The molecule has 0 unspecified atom stereocenters. The molecule has 1 aromatic heterocycles. The summed E-state index contributed by atoms with van der Waals surface area (Å²) in [5.41, 5.74) is 4.47. The first-order chi connectivity index (χ1) is 12.5. The first-order valence-electron chi connectivity index (χ1n) is 8.25. The van der Waals surface area contributed by atoms with Gasteiger partial charge in [-0.2, -0.15) is 12.7 Å². The standard InChI is InChI=1S/C17H19N5O3S/c1-25-15-6-7-17-16(10-15)19-20-22(17)14-5-4-12-3-2-8-21(26(18,23)24)11-13(12)9-14/h4-7,9-10H,2-3,8,11H2,1H3,(H2,18,23,24). The Morgan fingerprint density at radius 2 is 2.00 bits per heavy atom. The number of aromatic nitrogens is 3. The van der Waals surface area contributed by atoms with E-state index in [1.807, 2.05) is 36.4 Å². The van der Waals surface area contributed by atoms with Gasteiger partial charge >= 0.3 is 0 Å². The van der Waals surface area contributed by atoms with Crippen LogP contribution in [0.1, 0.15) is 17.5 Å². The summed E-state index contributed by atoms with van der Waals surface area (Å²) in [5.74, 6) is 0.718. The first kappa shape index (κ1) is 17.0. The minimum absolute atomic E-state index is 0.266. The van der Waals surface area contributed by atoms with Crippen molar-refractivity contribution < 1.29 is 13.2 Å². The van der Waals surface area contributed by atoms with Gasteiger partial charge in [-0.1, -0.05) is 11.3 Å². The second kappa shape index (κ2) is 6.35. The number of methoxy groups -OCH3 is 1. The van der Waals surface area contributed by atoms with E-state index in [-0.39, 0.29) is 6.54 Å². The number of hydrogen-bond donors (Lipinski definition) is 1. The van der Waals surface area contributed by atoms with Crippen molar-refractivity contribution >= 4 is 21.2 Å². The molecule has 0 spiro atoms. The first-order valence-corrected chi connectivity index (χ1v) is 9.75. The molecule has 0 saturated heterocycles. The van der Waals surface area contributed by atoms with Gasteiger partial charge in [0, 0.05) is 19.2 Å². The molecule has 0 atom stereocenters. The SMILES string of the molecule is COc1ccc2c(c1)nnn2-c1ccc2c(c1)CN(S(N)(=O)=O)CCC2. The van der Waals surface area contributed by atoms with Crippen LogP contribution in [0.15, 0.2) is 36.4 Å². The number of nitrogens with zero attached hydrogens (tertiary/aromatic N) is 4. The van der Waals surface area contributed by atoms with Gasteiger partial charge in [0.05, 0.1) is 18.3 Å². The van der Waals surface area contributed by atoms with Gasteiger partial charge < -0.3 is 4.74 Å². The minimum atomic E-state index is -3.72. The molecule has 0 radical (unpaired) electrons. The maximum Gasteiger partial charge on any atom is 0.277 e. The molecule has 1 aliphatic heterocycles. The topological polar surface area (TPSA) is 103 Å². The van der Waals surface area contributed by atoms with E-state index in [9.17, 15) is 8.42 Å². The fourth-order valence-electron chi connectivity index (χ4n) is 3.29. The van der Waals surface area contributed by atoms with Crippen molar-refractivity contribution in [3.05, 3.63) is 47.5 Å². The smallest absolute Gasteiger partial charge is 0.277 e. The molecule has 8 nitrogen and oxygen atoms in total. The van der Waals surface area contributed by atoms with Crippen LogP contribution in [0, 0.1) is 0 Å². The van der Waals surface area contributed by atoms with Crippen LogP contribution in [0.5, 0.6) is 5.75 Å². The van der Waals surface area contributed by atoms with Crippen LogP contribution in [-0.4, -0.2) is 41.4 Å². The molecule has 0 amide bonds. The van der Waals surface area contributed by atoms with Crippen LogP contribution < -0.4 is 9.88 Å². The summed E-state index contributed by atoms with van der Waals surface area (Å²) in [5, 5.41) is 13.8. The van der Waals surface area contributed by atoms with Crippen LogP contribution >= 0.6 is 0 Å². The van der Waals surface area contributed by atoms with E-state index in [4.69, 9.17) is 9.88 Å². The number of hydrogen-bond acceptors (Lipinski definition) is 5. The summed E-state index contributed by atoms with van der Waals surface area (Å²) < 4.78 is 31.8. The fourth-order valence-corrected chi connectivity index (χ4v) is 3.99. The molecule has 3 aromatic rings. The number of benzene rings is 2. The third-order valence-electron chi connectivity index (χ3n) is 4.65. The lowest BCUT2D eigenvalue weighted by Crippen LogP contribution is -2.36. The van der Waals surface area contributed by atoms with E-state index in [1.54, 1.807) is 11.8 Å². The predicted octanol–water partition coefficient (Wildman–Crippen LogP) is 1.38. The molecule has 0 bridgehead atoms. The van der Waals surface area contributed by atoms with Gasteiger partial charge in [-0.25, -0.2) is 9.82 Å². The zero-order chi connectivity index (χ0) is 18.3. The van der Waals surface area contributed by atoms with Crippen molar-refractivity contribution in [3.63, 3.8) is 0 Å². The van der Waals surface area contributed by atoms with Gasteiger partial charge in [0.1, 0.15) is 11.3 Å². The van der Waals surface area contributed by atoms with Crippen molar-refractivity contribution in [2.24, 2.45) is 5.14 Å². The van der Waals surface area contributed by atoms with Gasteiger partial charge in [0.15, 0.2) is 0 Å². The van der Waals surface area contributed by atoms with E-state index >= 15 is 0 Å². The number of rotatable bonds is 3. The molecular weight excluding hydrogens is 354 g/mol.